The lowest BCUT2D eigenvalue weighted by Crippen LogP contribution is -2.29. The SMILES string of the molecule is CCOc1ccc(/C(O)=C2\C(=O)C(=O)N(c3cc(C)on3)[C@H]2c2ccccc2)cc1. The summed E-state index contributed by atoms with van der Waals surface area (Å²) in [6, 6.07) is 16.5. The van der Waals surface area contributed by atoms with Gasteiger partial charge in [-0.3, -0.25) is 14.5 Å². The number of carbonyl (C=O) groups excluding carboxylic acids is 2. The Kier molecular flexibility index (Phi) is 5.10. The number of aliphatic hydroxyl groups is 1. The van der Waals surface area contributed by atoms with Crippen molar-refractivity contribution >= 4 is 23.3 Å². The third-order valence-corrected chi connectivity index (χ3v) is 4.86. The molecule has 3 aromatic rings. The monoisotopic (exact) mass is 404 g/mol. The summed E-state index contributed by atoms with van der Waals surface area (Å²) >= 11 is 0. The third-order valence-electron chi connectivity index (χ3n) is 4.86. The highest BCUT2D eigenvalue weighted by molar-refractivity contribution is 6.51. The second-order valence-electron chi connectivity index (χ2n) is 6.83. The van der Waals surface area contributed by atoms with Crippen molar-refractivity contribution in [2.75, 3.05) is 11.5 Å². The van der Waals surface area contributed by atoms with Crippen LogP contribution in [0.25, 0.3) is 5.76 Å². The van der Waals surface area contributed by atoms with Gasteiger partial charge in [0.15, 0.2) is 5.82 Å². The van der Waals surface area contributed by atoms with E-state index in [4.69, 9.17) is 9.26 Å². The number of aliphatic hydroxyl groups excluding tert-OH is 1. The maximum absolute atomic E-state index is 13.0. The molecule has 1 amide bonds. The fourth-order valence-corrected chi connectivity index (χ4v) is 3.52. The minimum Gasteiger partial charge on any atom is -0.507 e. The van der Waals surface area contributed by atoms with E-state index < -0.39 is 17.7 Å². The molecule has 30 heavy (non-hydrogen) atoms. The molecule has 1 aromatic heterocycles. The van der Waals surface area contributed by atoms with Gasteiger partial charge in [-0.2, -0.15) is 0 Å². The van der Waals surface area contributed by atoms with Gasteiger partial charge in [0.2, 0.25) is 0 Å². The first-order valence-electron chi connectivity index (χ1n) is 9.53. The van der Waals surface area contributed by atoms with E-state index in [1.165, 1.54) is 4.90 Å². The van der Waals surface area contributed by atoms with E-state index in [0.29, 0.717) is 29.2 Å². The van der Waals surface area contributed by atoms with Crippen molar-refractivity contribution in [3.05, 3.63) is 83.1 Å². The predicted octanol–water partition coefficient (Wildman–Crippen LogP) is 4.01. The number of anilines is 1. The van der Waals surface area contributed by atoms with Crippen LogP contribution in [0.4, 0.5) is 5.82 Å². The molecule has 7 heteroatoms. The molecule has 1 aliphatic heterocycles. The zero-order valence-corrected chi connectivity index (χ0v) is 16.5. The van der Waals surface area contributed by atoms with E-state index in [1.807, 2.05) is 13.0 Å². The summed E-state index contributed by atoms with van der Waals surface area (Å²) in [4.78, 5) is 27.1. The second-order valence-corrected chi connectivity index (χ2v) is 6.83. The predicted molar refractivity (Wildman–Crippen MR) is 110 cm³/mol. The number of Topliss-reactive ketones (excluding diaryl/α,β-unsaturated/α-hetero) is 1. The van der Waals surface area contributed by atoms with E-state index >= 15 is 0 Å². The maximum Gasteiger partial charge on any atom is 0.301 e. The molecule has 2 heterocycles. The molecule has 2 aromatic carbocycles. The standard InChI is InChI=1S/C23H20N2O5/c1-3-29-17-11-9-16(10-12-17)21(26)19-20(15-7-5-4-6-8-15)25(23(28)22(19)27)18-13-14(2)30-24-18/h4-13,20,26H,3H2,1-2H3/b21-19+/t20-/m0/s1. The van der Waals surface area contributed by atoms with Crippen LogP contribution in [-0.4, -0.2) is 28.6 Å². The fraction of sp³-hybridized carbons (Fsp3) is 0.174. The van der Waals surface area contributed by atoms with E-state index in [-0.39, 0.29) is 17.2 Å². The Hall–Kier alpha value is -3.87. The first-order chi connectivity index (χ1) is 14.5. The maximum atomic E-state index is 13.0. The first kappa shape index (κ1) is 19.4. The number of amides is 1. The average molecular weight is 404 g/mol. The largest absolute Gasteiger partial charge is 0.507 e. The topological polar surface area (TPSA) is 92.9 Å². The molecule has 152 valence electrons. The molecule has 0 unspecified atom stereocenters. The number of hydrogen-bond donors (Lipinski definition) is 1. The van der Waals surface area contributed by atoms with Crippen LogP contribution in [0.1, 0.15) is 29.9 Å². The van der Waals surface area contributed by atoms with Crippen LogP contribution in [0.5, 0.6) is 5.75 Å². The fourth-order valence-electron chi connectivity index (χ4n) is 3.52. The molecule has 0 saturated carbocycles. The van der Waals surface area contributed by atoms with Gasteiger partial charge < -0.3 is 14.4 Å². The molecule has 0 bridgehead atoms. The number of ketones is 1. The zero-order chi connectivity index (χ0) is 21.3. The molecule has 0 spiro atoms. The van der Waals surface area contributed by atoms with E-state index in [2.05, 4.69) is 5.16 Å². The zero-order valence-electron chi connectivity index (χ0n) is 16.5. The van der Waals surface area contributed by atoms with Gasteiger partial charge >= 0.3 is 5.91 Å². The molecule has 1 atom stereocenters. The quantitative estimate of drug-likeness (QED) is 0.392. The Labute approximate surface area is 173 Å². The van der Waals surface area contributed by atoms with Crippen molar-refractivity contribution in [1.29, 1.82) is 0 Å². The molecule has 0 aliphatic carbocycles. The minimum absolute atomic E-state index is 0.00369. The Balaban J connectivity index is 1.87. The Morgan fingerprint density at radius 3 is 2.43 bits per heavy atom. The van der Waals surface area contributed by atoms with Gasteiger partial charge in [-0.1, -0.05) is 35.5 Å². The average Bonchev–Trinajstić information content (AvgIpc) is 3.30. The van der Waals surface area contributed by atoms with E-state index in [9.17, 15) is 14.7 Å². The van der Waals surface area contributed by atoms with Crippen LogP contribution in [0, 0.1) is 6.92 Å². The van der Waals surface area contributed by atoms with Gasteiger partial charge in [0, 0.05) is 11.6 Å². The van der Waals surface area contributed by atoms with Gasteiger partial charge in [-0.25, -0.2) is 0 Å². The van der Waals surface area contributed by atoms with Crippen LogP contribution in [0.3, 0.4) is 0 Å². The van der Waals surface area contributed by atoms with Crippen molar-refractivity contribution in [2.45, 2.75) is 19.9 Å². The number of carbonyl (C=O) groups is 2. The molecule has 1 fully saturated rings. The van der Waals surface area contributed by atoms with Crippen molar-refractivity contribution < 1.29 is 24.0 Å². The number of aromatic nitrogens is 1. The van der Waals surface area contributed by atoms with Gasteiger partial charge in [0.05, 0.1) is 18.2 Å². The van der Waals surface area contributed by atoms with Crippen LogP contribution in [-0.2, 0) is 9.59 Å². The highest BCUT2D eigenvalue weighted by atomic mass is 16.5. The lowest BCUT2D eigenvalue weighted by atomic mass is 9.95. The Morgan fingerprint density at radius 2 is 1.83 bits per heavy atom. The van der Waals surface area contributed by atoms with Crippen molar-refractivity contribution in [1.82, 2.24) is 5.16 Å². The first-order valence-corrected chi connectivity index (χ1v) is 9.53. The molecule has 7 nitrogen and oxygen atoms in total. The summed E-state index contributed by atoms with van der Waals surface area (Å²) in [6.07, 6.45) is 0. The number of nitrogens with zero attached hydrogens (tertiary/aromatic N) is 2. The lowest BCUT2D eigenvalue weighted by Gasteiger charge is -2.22. The van der Waals surface area contributed by atoms with Gasteiger partial charge in [0.25, 0.3) is 5.78 Å². The van der Waals surface area contributed by atoms with Crippen molar-refractivity contribution in [3.63, 3.8) is 0 Å². The van der Waals surface area contributed by atoms with Gasteiger partial charge in [0.1, 0.15) is 17.3 Å². The summed E-state index contributed by atoms with van der Waals surface area (Å²) in [5.74, 6) is -0.444. The third kappa shape index (κ3) is 3.34. The van der Waals surface area contributed by atoms with Crippen LogP contribution >= 0.6 is 0 Å². The molecule has 1 N–H and O–H groups in total. The molecule has 1 saturated heterocycles. The summed E-state index contributed by atoms with van der Waals surface area (Å²) in [7, 11) is 0. The van der Waals surface area contributed by atoms with Gasteiger partial charge in [-0.05, 0) is 43.7 Å². The lowest BCUT2D eigenvalue weighted by molar-refractivity contribution is -0.132. The van der Waals surface area contributed by atoms with E-state index in [0.717, 1.165) is 0 Å². The molecule has 4 rings (SSSR count). The summed E-state index contributed by atoms with van der Waals surface area (Å²) in [5, 5.41) is 14.9. The van der Waals surface area contributed by atoms with Crippen LogP contribution < -0.4 is 9.64 Å². The summed E-state index contributed by atoms with van der Waals surface area (Å²) < 4.78 is 10.5. The van der Waals surface area contributed by atoms with Crippen LogP contribution in [0.2, 0.25) is 0 Å². The van der Waals surface area contributed by atoms with Crippen molar-refractivity contribution in [3.8, 4) is 5.75 Å². The summed E-state index contributed by atoms with van der Waals surface area (Å²) in [5.41, 5.74) is 1.08. The Bertz CT molecular complexity index is 1120. The van der Waals surface area contributed by atoms with Crippen molar-refractivity contribution in [2.24, 2.45) is 0 Å². The van der Waals surface area contributed by atoms with Gasteiger partial charge in [-0.15, -0.1) is 0 Å². The molecule has 1 aliphatic rings. The highest BCUT2D eigenvalue weighted by Gasteiger charge is 2.48. The van der Waals surface area contributed by atoms with Crippen LogP contribution in [0.15, 0.2) is 70.8 Å². The van der Waals surface area contributed by atoms with E-state index in [1.54, 1.807) is 61.5 Å². The molecular formula is C23H20N2O5. The highest BCUT2D eigenvalue weighted by Crippen LogP contribution is 2.41. The normalized spacial score (nSPS) is 18.1. The number of aryl methyl sites for hydroxylation is 1. The smallest absolute Gasteiger partial charge is 0.301 e. The second kappa shape index (κ2) is 7.87. The molecule has 0 radical (unpaired) electrons. The molecular weight excluding hydrogens is 384 g/mol. The minimum atomic E-state index is -0.831. The number of benzene rings is 2. The summed E-state index contributed by atoms with van der Waals surface area (Å²) in [6.45, 7) is 4.09. The number of rotatable bonds is 5. The number of hydrogen-bond acceptors (Lipinski definition) is 6. The number of ether oxygens (including phenoxy) is 1. The Morgan fingerprint density at radius 1 is 1.13 bits per heavy atom.